The largest absolute Gasteiger partial charge is 0.477 e. The lowest BCUT2D eigenvalue weighted by molar-refractivity contribution is -0.133. The molecule has 0 unspecified atom stereocenters. The number of benzene rings is 5. The van der Waals surface area contributed by atoms with E-state index < -0.39 is 11.9 Å². The molecule has 0 radical (unpaired) electrons. The number of carboxylic acids is 2. The van der Waals surface area contributed by atoms with Gasteiger partial charge < -0.3 is 10.2 Å². The molecular formula is C44H26N2O4S4. The van der Waals surface area contributed by atoms with Crippen molar-refractivity contribution in [3.63, 3.8) is 0 Å². The van der Waals surface area contributed by atoms with Crippen molar-refractivity contribution >= 4 is 102 Å². The molecule has 0 bridgehead atoms. The summed E-state index contributed by atoms with van der Waals surface area (Å²) in [5, 5.41) is 43.1. The van der Waals surface area contributed by atoms with Crippen LogP contribution >= 0.6 is 47.0 Å². The van der Waals surface area contributed by atoms with Crippen LogP contribution in [-0.4, -0.2) is 34.7 Å². The number of aliphatic carboxylic acids is 2. The Morgan fingerprint density at radius 3 is 1.35 bits per heavy atom. The molecule has 6 rings (SSSR count). The third-order valence-corrected chi connectivity index (χ3v) is 13.3. The van der Waals surface area contributed by atoms with E-state index in [1.165, 1.54) is 30.1 Å². The van der Waals surface area contributed by atoms with Crippen LogP contribution in [0.25, 0.3) is 43.5 Å². The fraction of sp³-hybridized carbons (Fsp3) is 0.0455. The second-order valence-corrected chi connectivity index (χ2v) is 15.8. The highest BCUT2D eigenvalue weighted by molar-refractivity contribution is 8.45. The molecule has 5 aromatic rings. The third kappa shape index (κ3) is 8.30. The Bertz CT molecular complexity index is 2630. The first kappa shape index (κ1) is 37.8. The van der Waals surface area contributed by atoms with Crippen LogP contribution in [0.1, 0.15) is 22.3 Å². The Labute approximate surface area is 328 Å². The summed E-state index contributed by atoms with van der Waals surface area (Å²) in [4.78, 5) is 22.7. The number of rotatable bonds is 6. The van der Waals surface area contributed by atoms with Gasteiger partial charge in [0.1, 0.15) is 23.3 Å². The fourth-order valence-corrected chi connectivity index (χ4v) is 10.7. The van der Waals surface area contributed by atoms with E-state index in [2.05, 4.69) is 60.5 Å². The summed E-state index contributed by atoms with van der Waals surface area (Å²) in [6.45, 7) is 0. The van der Waals surface area contributed by atoms with Gasteiger partial charge in [0.2, 0.25) is 0 Å². The predicted octanol–water partition coefficient (Wildman–Crippen LogP) is 8.63. The van der Waals surface area contributed by atoms with E-state index in [4.69, 9.17) is 0 Å². The minimum atomic E-state index is -1.29. The van der Waals surface area contributed by atoms with Gasteiger partial charge in [0.25, 0.3) is 0 Å². The molecule has 0 saturated carbocycles. The number of thioether (sulfide) groups is 4. The molecule has 1 aliphatic rings. The van der Waals surface area contributed by atoms with Gasteiger partial charge in [0, 0.05) is 21.6 Å². The molecule has 0 aromatic heterocycles. The van der Waals surface area contributed by atoms with E-state index in [0.717, 1.165) is 26.8 Å². The van der Waals surface area contributed by atoms with Gasteiger partial charge >= 0.3 is 11.9 Å². The van der Waals surface area contributed by atoms with E-state index in [0.29, 0.717) is 27.8 Å². The second-order valence-electron chi connectivity index (χ2n) is 11.4. The van der Waals surface area contributed by atoms with Crippen molar-refractivity contribution in [2.45, 2.75) is 0 Å². The van der Waals surface area contributed by atoms with Gasteiger partial charge in [0.15, 0.2) is 0 Å². The first-order chi connectivity index (χ1) is 26.2. The average molecular weight is 775 g/mol. The molecule has 1 heterocycles. The van der Waals surface area contributed by atoms with Crippen LogP contribution in [0, 0.1) is 46.3 Å². The van der Waals surface area contributed by atoms with Crippen LogP contribution in [0.2, 0.25) is 0 Å². The van der Waals surface area contributed by atoms with E-state index in [9.17, 15) is 30.3 Å². The Morgan fingerprint density at radius 2 is 1.00 bits per heavy atom. The molecule has 0 aliphatic carbocycles. The average Bonchev–Trinajstić information content (AvgIpc) is 3.62. The normalized spacial score (nSPS) is 12.7. The zero-order valence-corrected chi connectivity index (χ0v) is 31.9. The first-order valence-corrected chi connectivity index (χ1v) is 20.1. The SMILES string of the molecule is CSC1=C(SC)SC(=c2c3ccccc3c(=C(C#Cc3ccc(/C=C(/C#N)C(=O)O)cc3)C#Cc3ccc(/C=C(/C#N)C(=O)O)cc3)c3ccccc23)S1. The van der Waals surface area contributed by atoms with Crippen LogP contribution in [-0.2, 0) is 9.59 Å². The monoisotopic (exact) mass is 774 g/mol. The number of carboxylic acid groups (broad SMARTS) is 2. The highest BCUT2D eigenvalue weighted by Gasteiger charge is 2.22. The Morgan fingerprint density at radius 1 is 0.611 bits per heavy atom. The van der Waals surface area contributed by atoms with Crippen molar-refractivity contribution in [3.05, 3.63) is 149 Å². The highest BCUT2D eigenvalue weighted by Crippen LogP contribution is 2.57. The number of nitrogens with zero attached hydrogens (tertiary/aromatic N) is 2. The molecule has 0 spiro atoms. The van der Waals surface area contributed by atoms with Gasteiger partial charge in [0.05, 0.1) is 18.3 Å². The summed E-state index contributed by atoms with van der Waals surface area (Å²) in [7, 11) is 0. The molecule has 1 aliphatic heterocycles. The van der Waals surface area contributed by atoms with Crippen LogP contribution in [0.15, 0.2) is 117 Å². The van der Waals surface area contributed by atoms with Crippen molar-refractivity contribution in [2.24, 2.45) is 0 Å². The third-order valence-electron chi connectivity index (χ3n) is 8.10. The van der Waals surface area contributed by atoms with Gasteiger partial charge in [-0.15, -0.1) is 23.5 Å². The Kier molecular flexibility index (Phi) is 12.1. The van der Waals surface area contributed by atoms with Crippen LogP contribution in [0.5, 0.6) is 0 Å². The minimum Gasteiger partial charge on any atom is -0.477 e. The molecule has 2 N–H and O–H groups in total. The summed E-state index contributed by atoms with van der Waals surface area (Å²) in [5.41, 5.74) is 2.31. The van der Waals surface area contributed by atoms with Crippen molar-refractivity contribution in [2.75, 3.05) is 12.5 Å². The van der Waals surface area contributed by atoms with Gasteiger partial charge in [-0.3, -0.25) is 0 Å². The fourth-order valence-electron chi connectivity index (χ4n) is 5.61. The van der Waals surface area contributed by atoms with Crippen LogP contribution in [0.3, 0.4) is 0 Å². The molecule has 6 nitrogen and oxygen atoms in total. The van der Waals surface area contributed by atoms with Gasteiger partial charge in [-0.1, -0.05) is 120 Å². The van der Waals surface area contributed by atoms with E-state index in [1.54, 1.807) is 108 Å². The summed E-state index contributed by atoms with van der Waals surface area (Å²) >= 11 is 7.11. The lowest BCUT2D eigenvalue weighted by Gasteiger charge is -2.10. The second kappa shape index (κ2) is 17.2. The lowest BCUT2D eigenvalue weighted by atomic mass is 9.95. The molecule has 0 amide bonds. The topological polar surface area (TPSA) is 122 Å². The summed E-state index contributed by atoms with van der Waals surface area (Å²) in [6, 6.07) is 33.9. The van der Waals surface area contributed by atoms with Crippen molar-refractivity contribution in [3.8, 4) is 35.8 Å². The maximum Gasteiger partial charge on any atom is 0.346 e. The van der Waals surface area contributed by atoms with E-state index in [-0.39, 0.29) is 11.1 Å². The van der Waals surface area contributed by atoms with Crippen LogP contribution < -0.4 is 10.4 Å². The molecule has 0 fully saturated rings. The molecule has 0 atom stereocenters. The van der Waals surface area contributed by atoms with Crippen LogP contribution in [0.4, 0.5) is 0 Å². The lowest BCUT2D eigenvalue weighted by Crippen LogP contribution is -2.17. The molecule has 260 valence electrons. The minimum absolute atomic E-state index is 0.365. The zero-order chi connectivity index (χ0) is 38.2. The summed E-state index contributed by atoms with van der Waals surface area (Å²) in [6.07, 6.45) is 6.83. The number of fused-ring (bicyclic) bond motifs is 2. The molecule has 10 heteroatoms. The van der Waals surface area contributed by atoms with E-state index in [1.807, 2.05) is 24.3 Å². The Balaban J connectivity index is 1.61. The number of hydrogen-bond donors (Lipinski definition) is 2. The number of carbonyl (C=O) groups is 2. The zero-order valence-electron chi connectivity index (χ0n) is 28.6. The predicted molar refractivity (Wildman–Crippen MR) is 226 cm³/mol. The first-order valence-electron chi connectivity index (χ1n) is 16.0. The summed E-state index contributed by atoms with van der Waals surface area (Å²) in [5.74, 6) is 10.7. The van der Waals surface area contributed by atoms with Gasteiger partial charge in [-0.2, -0.15) is 10.5 Å². The van der Waals surface area contributed by atoms with Gasteiger partial charge in [-0.05, 0) is 81.6 Å². The molecule has 0 saturated heterocycles. The maximum absolute atomic E-state index is 11.3. The van der Waals surface area contributed by atoms with Crippen molar-refractivity contribution in [1.82, 2.24) is 0 Å². The smallest absolute Gasteiger partial charge is 0.346 e. The number of nitriles is 2. The van der Waals surface area contributed by atoms with Crippen molar-refractivity contribution in [1.29, 1.82) is 10.5 Å². The summed E-state index contributed by atoms with van der Waals surface area (Å²) < 4.78 is 3.78. The quantitative estimate of drug-likeness (QED) is 0.0751. The highest BCUT2D eigenvalue weighted by atomic mass is 32.3. The standard InChI is InChI=1S/C44H26N2O4S4/c1-51-43-44(52-2)54-42(53-43)39-36-9-5-3-7-34(36)38(35-8-4-6-10-37(35)39)31(21-19-27-11-15-29(16-12-27)23-32(25-45)40(47)48)22-20-28-13-17-30(18-14-28)24-33(26-46)41(49)50/h3-18,23-24H,1-2H3,(H,47,48)(H,49,50)/b32-23-,33-24-. The van der Waals surface area contributed by atoms with E-state index >= 15 is 0 Å². The maximum atomic E-state index is 11.3. The number of hydrogen-bond acceptors (Lipinski definition) is 8. The molecular weight excluding hydrogens is 749 g/mol. The van der Waals surface area contributed by atoms with Gasteiger partial charge in [-0.25, -0.2) is 9.59 Å². The van der Waals surface area contributed by atoms with Crippen molar-refractivity contribution < 1.29 is 19.8 Å². The molecule has 5 aromatic carbocycles. The molecule has 54 heavy (non-hydrogen) atoms. The Hall–Kier alpha value is -5.98.